The van der Waals surface area contributed by atoms with Crippen molar-refractivity contribution in [2.75, 3.05) is 11.9 Å². The van der Waals surface area contributed by atoms with E-state index in [1.165, 1.54) is 18.2 Å². The molecule has 1 atom stereocenters. The number of hydrogen-bond acceptors (Lipinski definition) is 4. The minimum Gasteiger partial charge on any atom is -0.478 e. The monoisotopic (exact) mass is 342 g/mol. The van der Waals surface area contributed by atoms with Crippen molar-refractivity contribution >= 4 is 21.7 Å². The van der Waals surface area contributed by atoms with Crippen LogP contribution in [0.2, 0.25) is 0 Å². The second-order valence-electron chi connectivity index (χ2n) is 5.60. The van der Waals surface area contributed by atoms with E-state index in [9.17, 15) is 18.3 Å². The Hall–Kier alpha value is -1.60. The van der Waals surface area contributed by atoms with Crippen LogP contribution >= 0.6 is 0 Å². The molecule has 0 aliphatic heterocycles. The van der Waals surface area contributed by atoms with Crippen LogP contribution in [0.3, 0.4) is 0 Å². The number of carboxylic acids is 1. The second-order valence-corrected chi connectivity index (χ2v) is 7.36. The van der Waals surface area contributed by atoms with Crippen LogP contribution in [-0.2, 0) is 10.0 Å². The maximum atomic E-state index is 12.2. The molecule has 1 aromatic carbocycles. The molecule has 23 heavy (non-hydrogen) atoms. The molecule has 0 fully saturated rings. The molecule has 0 spiro atoms. The van der Waals surface area contributed by atoms with E-state index in [1.54, 1.807) is 0 Å². The molecule has 0 unspecified atom stereocenters. The lowest BCUT2D eigenvalue weighted by atomic mass is 10.1. The van der Waals surface area contributed by atoms with Crippen molar-refractivity contribution in [1.29, 1.82) is 0 Å². The maximum Gasteiger partial charge on any atom is 0.337 e. The van der Waals surface area contributed by atoms with Crippen LogP contribution in [0.4, 0.5) is 5.69 Å². The zero-order valence-electron chi connectivity index (χ0n) is 13.9. The van der Waals surface area contributed by atoms with Gasteiger partial charge in [-0.15, -0.1) is 0 Å². The maximum absolute atomic E-state index is 12.2. The van der Waals surface area contributed by atoms with E-state index in [1.807, 2.05) is 20.8 Å². The molecule has 0 aromatic heterocycles. The first kappa shape index (κ1) is 19.4. The Morgan fingerprint density at radius 1 is 1.26 bits per heavy atom. The topological polar surface area (TPSA) is 95.5 Å². The molecule has 0 aliphatic rings. The number of anilines is 1. The van der Waals surface area contributed by atoms with Gasteiger partial charge in [-0.05, 0) is 38.0 Å². The van der Waals surface area contributed by atoms with Gasteiger partial charge in [0, 0.05) is 18.3 Å². The molecule has 0 heterocycles. The number of unbranched alkanes of at least 4 members (excludes halogenated alkanes) is 1. The van der Waals surface area contributed by atoms with Gasteiger partial charge in [-0.25, -0.2) is 17.9 Å². The third kappa shape index (κ3) is 5.84. The summed E-state index contributed by atoms with van der Waals surface area (Å²) in [6, 6.07) is 4.27. The van der Waals surface area contributed by atoms with E-state index in [-0.39, 0.29) is 16.5 Å². The molecule has 0 saturated carbocycles. The molecular formula is C16H26N2O4S. The van der Waals surface area contributed by atoms with E-state index < -0.39 is 16.0 Å². The number of sulfonamides is 1. The van der Waals surface area contributed by atoms with Crippen molar-refractivity contribution in [1.82, 2.24) is 4.72 Å². The molecule has 0 amide bonds. The third-order valence-electron chi connectivity index (χ3n) is 3.48. The molecule has 0 saturated heterocycles. The highest BCUT2D eigenvalue weighted by molar-refractivity contribution is 7.89. The fourth-order valence-corrected chi connectivity index (χ4v) is 3.33. The molecule has 130 valence electrons. The number of nitrogens with one attached hydrogen (secondary N) is 2. The van der Waals surface area contributed by atoms with Gasteiger partial charge in [0.05, 0.1) is 10.5 Å². The number of aromatic carboxylic acids is 1. The summed E-state index contributed by atoms with van der Waals surface area (Å²) < 4.78 is 26.9. The van der Waals surface area contributed by atoms with Crippen LogP contribution in [0.15, 0.2) is 23.1 Å². The first-order valence-electron chi connectivity index (χ1n) is 7.95. The fraction of sp³-hybridized carbons (Fsp3) is 0.562. The minimum atomic E-state index is -3.69. The van der Waals surface area contributed by atoms with E-state index in [0.717, 1.165) is 25.7 Å². The lowest BCUT2D eigenvalue weighted by molar-refractivity contribution is 0.0697. The van der Waals surface area contributed by atoms with Gasteiger partial charge in [0.1, 0.15) is 0 Å². The van der Waals surface area contributed by atoms with Gasteiger partial charge in [0.2, 0.25) is 10.0 Å². The van der Waals surface area contributed by atoms with Crippen molar-refractivity contribution in [3.63, 3.8) is 0 Å². The molecule has 7 heteroatoms. The van der Waals surface area contributed by atoms with Gasteiger partial charge < -0.3 is 10.4 Å². The van der Waals surface area contributed by atoms with Gasteiger partial charge in [-0.1, -0.05) is 26.7 Å². The van der Waals surface area contributed by atoms with Crippen LogP contribution < -0.4 is 10.0 Å². The molecule has 1 rings (SSSR count). The van der Waals surface area contributed by atoms with Gasteiger partial charge in [-0.3, -0.25) is 0 Å². The van der Waals surface area contributed by atoms with Crippen molar-refractivity contribution in [2.45, 2.75) is 57.4 Å². The summed E-state index contributed by atoms with van der Waals surface area (Å²) in [5.41, 5.74) is 0.400. The van der Waals surface area contributed by atoms with E-state index >= 15 is 0 Å². The summed E-state index contributed by atoms with van der Waals surface area (Å²) >= 11 is 0. The van der Waals surface area contributed by atoms with Crippen molar-refractivity contribution in [3.05, 3.63) is 23.8 Å². The zero-order chi connectivity index (χ0) is 17.5. The lowest BCUT2D eigenvalue weighted by Gasteiger charge is -2.17. The molecule has 0 aliphatic carbocycles. The van der Waals surface area contributed by atoms with Crippen LogP contribution in [0, 0.1) is 0 Å². The summed E-state index contributed by atoms with van der Waals surface area (Å²) in [5.74, 6) is -1.15. The number of rotatable bonds is 10. The molecular weight excluding hydrogens is 316 g/mol. The van der Waals surface area contributed by atoms with Crippen molar-refractivity contribution in [3.8, 4) is 0 Å². The Bertz CT molecular complexity index is 629. The molecule has 0 radical (unpaired) electrons. The van der Waals surface area contributed by atoms with Gasteiger partial charge in [-0.2, -0.15) is 0 Å². The van der Waals surface area contributed by atoms with Gasteiger partial charge in [0.25, 0.3) is 0 Å². The Balaban J connectivity index is 3.05. The summed E-state index contributed by atoms with van der Waals surface area (Å²) in [6.07, 6.45) is 3.49. The SMILES string of the molecule is CCCCNS(=O)(=O)c1ccc(N[C@H](C)CCC)c(C(=O)O)c1. The summed E-state index contributed by atoms with van der Waals surface area (Å²) in [6.45, 7) is 6.32. The Morgan fingerprint density at radius 3 is 2.52 bits per heavy atom. The molecule has 3 N–H and O–H groups in total. The molecule has 1 aromatic rings. The summed E-state index contributed by atoms with van der Waals surface area (Å²) in [5, 5.41) is 12.5. The predicted molar refractivity (Wildman–Crippen MR) is 91.5 cm³/mol. The van der Waals surface area contributed by atoms with Crippen LogP contribution in [-0.4, -0.2) is 32.1 Å². The van der Waals surface area contributed by atoms with Gasteiger partial charge in [0.15, 0.2) is 0 Å². The fourth-order valence-electron chi connectivity index (χ4n) is 2.23. The summed E-state index contributed by atoms with van der Waals surface area (Å²) in [7, 11) is -3.69. The van der Waals surface area contributed by atoms with Crippen LogP contribution in [0.5, 0.6) is 0 Å². The smallest absolute Gasteiger partial charge is 0.337 e. The molecule has 0 bridgehead atoms. The van der Waals surface area contributed by atoms with E-state index in [4.69, 9.17) is 0 Å². The standard InChI is InChI=1S/C16H26N2O4S/c1-4-6-10-17-23(21,22)13-8-9-15(14(11-13)16(19)20)18-12(3)7-5-2/h8-9,11-12,17-18H,4-7,10H2,1-3H3,(H,19,20)/t12-/m1/s1. The van der Waals surface area contributed by atoms with Crippen LogP contribution in [0.1, 0.15) is 56.8 Å². The average Bonchev–Trinajstić information content (AvgIpc) is 2.47. The average molecular weight is 342 g/mol. The Kier molecular flexibility index (Phi) is 7.51. The van der Waals surface area contributed by atoms with E-state index in [0.29, 0.717) is 12.2 Å². The first-order valence-corrected chi connectivity index (χ1v) is 9.43. The second kappa shape index (κ2) is 8.88. The third-order valence-corrected chi connectivity index (χ3v) is 4.94. The number of hydrogen-bond donors (Lipinski definition) is 3. The minimum absolute atomic E-state index is 0.0281. The number of carbonyl (C=O) groups is 1. The first-order chi connectivity index (χ1) is 10.8. The Labute approximate surface area is 138 Å². The normalized spacial score (nSPS) is 12.8. The number of carboxylic acid groups (broad SMARTS) is 1. The predicted octanol–water partition coefficient (Wildman–Crippen LogP) is 3.06. The largest absolute Gasteiger partial charge is 0.478 e. The van der Waals surface area contributed by atoms with Crippen molar-refractivity contribution < 1.29 is 18.3 Å². The molecule has 6 nitrogen and oxygen atoms in total. The summed E-state index contributed by atoms with van der Waals surface area (Å²) in [4.78, 5) is 11.4. The Morgan fingerprint density at radius 2 is 1.96 bits per heavy atom. The number of benzene rings is 1. The van der Waals surface area contributed by atoms with Crippen LogP contribution in [0.25, 0.3) is 0 Å². The quantitative estimate of drug-likeness (QED) is 0.568. The zero-order valence-corrected chi connectivity index (χ0v) is 14.7. The lowest BCUT2D eigenvalue weighted by Crippen LogP contribution is -2.25. The van der Waals surface area contributed by atoms with E-state index in [2.05, 4.69) is 10.0 Å². The highest BCUT2D eigenvalue weighted by Gasteiger charge is 2.19. The van der Waals surface area contributed by atoms with Crippen molar-refractivity contribution in [2.24, 2.45) is 0 Å². The highest BCUT2D eigenvalue weighted by atomic mass is 32.2. The highest BCUT2D eigenvalue weighted by Crippen LogP contribution is 2.22. The van der Waals surface area contributed by atoms with Gasteiger partial charge >= 0.3 is 5.97 Å².